The van der Waals surface area contributed by atoms with Gasteiger partial charge in [-0.05, 0) is 36.2 Å². The number of ether oxygens (including phenoxy) is 1. The van der Waals surface area contributed by atoms with E-state index in [1.165, 1.54) is 0 Å². The SMILES string of the molecule is COc1cccc(CC(=O)NC(C)c2ccccc2N)c1. The molecule has 2 rings (SSSR count). The number of para-hydroxylation sites is 1. The molecule has 110 valence electrons. The van der Waals surface area contributed by atoms with Crippen LogP contribution < -0.4 is 15.8 Å². The van der Waals surface area contributed by atoms with Crippen LogP contribution in [0.4, 0.5) is 5.69 Å². The first-order chi connectivity index (χ1) is 10.1. The van der Waals surface area contributed by atoms with E-state index in [4.69, 9.17) is 10.5 Å². The van der Waals surface area contributed by atoms with Gasteiger partial charge in [-0.1, -0.05) is 30.3 Å². The predicted octanol–water partition coefficient (Wildman–Crippen LogP) is 2.70. The van der Waals surface area contributed by atoms with E-state index in [1.54, 1.807) is 7.11 Å². The summed E-state index contributed by atoms with van der Waals surface area (Å²) in [6.45, 7) is 1.93. The molecule has 0 aliphatic heterocycles. The van der Waals surface area contributed by atoms with Crippen LogP contribution in [-0.4, -0.2) is 13.0 Å². The van der Waals surface area contributed by atoms with Crippen LogP contribution in [0, 0.1) is 0 Å². The number of rotatable bonds is 5. The maximum Gasteiger partial charge on any atom is 0.224 e. The number of carbonyl (C=O) groups is 1. The van der Waals surface area contributed by atoms with Gasteiger partial charge in [0, 0.05) is 5.69 Å². The van der Waals surface area contributed by atoms with Crippen LogP contribution in [0.25, 0.3) is 0 Å². The van der Waals surface area contributed by atoms with Crippen LogP contribution in [-0.2, 0) is 11.2 Å². The first-order valence-corrected chi connectivity index (χ1v) is 6.87. The fraction of sp³-hybridized carbons (Fsp3) is 0.235. The summed E-state index contributed by atoms with van der Waals surface area (Å²) in [7, 11) is 1.61. The largest absolute Gasteiger partial charge is 0.497 e. The molecule has 0 saturated heterocycles. The lowest BCUT2D eigenvalue weighted by atomic mass is 10.1. The Labute approximate surface area is 124 Å². The number of hydrogen-bond donors (Lipinski definition) is 2. The fourth-order valence-electron chi connectivity index (χ4n) is 2.24. The molecule has 0 aliphatic carbocycles. The molecule has 0 heterocycles. The zero-order valence-electron chi connectivity index (χ0n) is 12.3. The lowest BCUT2D eigenvalue weighted by Gasteiger charge is -2.16. The van der Waals surface area contributed by atoms with Gasteiger partial charge in [0.05, 0.1) is 19.6 Å². The highest BCUT2D eigenvalue weighted by atomic mass is 16.5. The minimum Gasteiger partial charge on any atom is -0.497 e. The maximum atomic E-state index is 12.1. The molecule has 2 aromatic rings. The zero-order valence-corrected chi connectivity index (χ0v) is 12.3. The Balaban J connectivity index is 2.00. The van der Waals surface area contributed by atoms with Gasteiger partial charge in [0.1, 0.15) is 5.75 Å². The van der Waals surface area contributed by atoms with E-state index in [9.17, 15) is 4.79 Å². The topological polar surface area (TPSA) is 64.3 Å². The van der Waals surface area contributed by atoms with Crippen molar-refractivity contribution in [3.8, 4) is 5.75 Å². The summed E-state index contributed by atoms with van der Waals surface area (Å²) in [4.78, 5) is 12.1. The molecule has 4 heteroatoms. The molecule has 4 nitrogen and oxygen atoms in total. The molecule has 0 spiro atoms. The third-order valence-corrected chi connectivity index (χ3v) is 3.34. The highest BCUT2D eigenvalue weighted by Gasteiger charge is 2.12. The Morgan fingerprint density at radius 2 is 2.00 bits per heavy atom. The van der Waals surface area contributed by atoms with E-state index in [1.807, 2.05) is 55.5 Å². The third-order valence-electron chi connectivity index (χ3n) is 3.34. The van der Waals surface area contributed by atoms with Gasteiger partial charge in [-0.2, -0.15) is 0 Å². The summed E-state index contributed by atoms with van der Waals surface area (Å²) in [5.74, 6) is 0.708. The molecule has 0 aliphatic rings. The summed E-state index contributed by atoms with van der Waals surface area (Å²) < 4.78 is 5.15. The average Bonchev–Trinajstić information content (AvgIpc) is 2.47. The van der Waals surface area contributed by atoms with E-state index >= 15 is 0 Å². The second-order valence-corrected chi connectivity index (χ2v) is 4.95. The van der Waals surface area contributed by atoms with Gasteiger partial charge in [0.15, 0.2) is 0 Å². The molecule has 21 heavy (non-hydrogen) atoms. The Bertz CT molecular complexity index is 626. The van der Waals surface area contributed by atoms with Crippen molar-refractivity contribution in [3.63, 3.8) is 0 Å². The molecule has 1 amide bonds. The minimum absolute atomic E-state index is 0.0426. The number of amides is 1. The summed E-state index contributed by atoms with van der Waals surface area (Å²) in [5, 5.41) is 2.96. The number of anilines is 1. The van der Waals surface area contributed by atoms with E-state index < -0.39 is 0 Å². The van der Waals surface area contributed by atoms with Gasteiger partial charge in [0.2, 0.25) is 5.91 Å². The highest BCUT2D eigenvalue weighted by molar-refractivity contribution is 5.79. The van der Waals surface area contributed by atoms with Crippen molar-refractivity contribution in [3.05, 3.63) is 59.7 Å². The Morgan fingerprint density at radius 3 is 2.71 bits per heavy atom. The first-order valence-electron chi connectivity index (χ1n) is 6.87. The number of nitrogens with two attached hydrogens (primary N) is 1. The van der Waals surface area contributed by atoms with Crippen molar-refractivity contribution in [1.29, 1.82) is 0 Å². The molecule has 3 N–H and O–H groups in total. The number of nitrogen functional groups attached to an aromatic ring is 1. The number of benzene rings is 2. The van der Waals surface area contributed by atoms with Gasteiger partial charge < -0.3 is 15.8 Å². The van der Waals surface area contributed by atoms with Crippen LogP contribution in [0.15, 0.2) is 48.5 Å². The van der Waals surface area contributed by atoms with Crippen LogP contribution >= 0.6 is 0 Å². The summed E-state index contributed by atoms with van der Waals surface area (Å²) in [6.07, 6.45) is 0.314. The van der Waals surface area contributed by atoms with Crippen LogP contribution in [0.5, 0.6) is 5.75 Å². The lowest BCUT2D eigenvalue weighted by Crippen LogP contribution is -2.28. The van der Waals surface area contributed by atoms with E-state index in [0.717, 1.165) is 16.9 Å². The van der Waals surface area contributed by atoms with Crippen molar-refractivity contribution in [2.24, 2.45) is 0 Å². The van der Waals surface area contributed by atoms with Gasteiger partial charge in [-0.25, -0.2) is 0 Å². The molecule has 0 fully saturated rings. The quantitative estimate of drug-likeness (QED) is 0.830. The standard InChI is InChI=1S/C17H20N2O2/c1-12(15-8-3-4-9-16(15)18)19-17(20)11-13-6-5-7-14(10-13)21-2/h3-10,12H,11,18H2,1-2H3,(H,19,20). The molecule has 0 saturated carbocycles. The molecular weight excluding hydrogens is 264 g/mol. The fourth-order valence-corrected chi connectivity index (χ4v) is 2.24. The van der Waals surface area contributed by atoms with E-state index in [0.29, 0.717) is 12.1 Å². The van der Waals surface area contributed by atoms with Crippen molar-refractivity contribution < 1.29 is 9.53 Å². The predicted molar refractivity (Wildman–Crippen MR) is 84.1 cm³/mol. The number of nitrogens with one attached hydrogen (secondary N) is 1. The third kappa shape index (κ3) is 3.99. The molecule has 0 radical (unpaired) electrons. The lowest BCUT2D eigenvalue weighted by molar-refractivity contribution is -0.121. The number of carbonyl (C=O) groups excluding carboxylic acids is 1. The summed E-state index contributed by atoms with van der Waals surface area (Å²) in [5.41, 5.74) is 8.45. The van der Waals surface area contributed by atoms with Crippen LogP contribution in [0.2, 0.25) is 0 Å². The molecule has 2 aromatic carbocycles. The van der Waals surface area contributed by atoms with Gasteiger partial charge in [-0.15, -0.1) is 0 Å². The van der Waals surface area contributed by atoms with Crippen LogP contribution in [0.3, 0.4) is 0 Å². The second kappa shape index (κ2) is 6.79. The monoisotopic (exact) mass is 284 g/mol. The summed E-state index contributed by atoms with van der Waals surface area (Å²) >= 11 is 0. The molecular formula is C17H20N2O2. The maximum absolute atomic E-state index is 12.1. The van der Waals surface area contributed by atoms with E-state index in [2.05, 4.69) is 5.32 Å². The zero-order chi connectivity index (χ0) is 15.2. The Morgan fingerprint density at radius 1 is 1.24 bits per heavy atom. The molecule has 0 aromatic heterocycles. The normalized spacial score (nSPS) is 11.7. The minimum atomic E-state index is -0.121. The smallest absolute Gasteiger partial charge is 0.224 e. The Kier molecular flexibility index (Phi) is 4.82. The van der Waals surface area contributed by atoms with Gasteiger partial charge in [-0.3, -0.25) is 4.79 Å². The van der Waals surface area contributed by atoms with Crippen molar-refractivity contribution in [1.82, 2.24) is 5.32 Å². The molecule has 0 bridgehead atoms. The second-order valence-electron chi connectivity index (χ2n) is 4.95. The molecule has 1 unspecified atom stereocenters. The van der Waals surface area contributed by atoms with Crippen molar-refractivity contribution in [2.75, 3.05) is 12.8 Å². The van der Waals surface area contributed by atoms with Gasteiger partial charge >= 0.3 is 0 Å². The first kappa shape index (κ1) is 14.9. The van der Waals surface area contributed by atoms with Gasteiger partial charge in [0.25, 0.3) is 0 Å². The van der Waals surface area contributed by atoms with E-state index in [-0.39, 0.29) is 11.9 Å². The average molecular weight is 284 g/mol. The molecule has 1 atom stereocenters. The number of methoxy groups -OCH3 is 1. The van der Waals surface area contributed by atoms with Crippen molar-refractivity contribution >= 4 is 11.6 Å². The van der Waals surface area contributed by atoms with Crippen molar-refractivity contribution in [2.45, 2.75) is 19.4 Å². The highest BCUT2D eigenvalue weighted by Crippen LogP contribution is 2.19. The number of hydrogen-bond acceptors (Lipinski definition) is 3. The summed E-state index contributed by atoms with van der Waals surface area (Å²) in [6, 6.07) is 14.9. The Hall–Kier alpha value is -2.49. The van der Waals surface area contributed by atoms with Crippen LogP contribution in [0.1, 0.15) is 24.1 Å².